The summed E-state index contributed by atoms with van der Waals surface area (Å²) in [5.74, 6) is -3.17. The highest BCUT2D eigenvalue weighted by atomic mass is 35.5. The number of aromatic nitrogens is 2. The summed E-state index contributed by atoms with van der Waals surface area (Å²) >= 11 is 5.27. The lowest BCUT2D eigenvalue weighted by atomic mass is 9.85. The van der Waals surface area contributed by atoms with E-state index in [1.165, 1.54) is 4.90 Å². The summed E-state index contributed by atoms with van der Waals surface area (Å²) in [5.41, 5.74) is -0.815. The van der Waals surface area contributed by atoms with Crippen molar-refractivity contribution in [1.29, 1.82) is 0 Å². The average Bonchev–Trinajstić information content (AvgIpc) is 3.06. The molecule has 1 aromatic heterocycles. The second kappa shape index (κ2) is 10.8. The lowest BCUT2D eigenvalue weighted by Gasteiger charge is -2.42. The third-order valence-corrected chi connectivity index (χ3v) is 4.83. The highest BCUT2D eigenvalue weighted by Crippen LogP contribution is 2.36. The van der Waals surface area contributed by atoms with Gasteiger partial charge in [0.05, 0.1) is 6.20 Å². The van der Waals surface area contributed by atoms with Gasteiger partial charge in [-0.1, -0.05) is 18.5 Å². The van der Waals surface area contributed by atoms with Crippen molar-refractivity contribution in [1.82, 2.24) is 19.6 Å². The Balaban J connectivity index is 0.000000516. The van der Waals surface area contributed by atoms with Crippen molar-refractivity contribution < 1.29 is 32.3 Å². The number of carbonyl (C=O) groups excluding carboxylic acids is 1. The number of aliphatic carboxylic acids is 1. The maximum absolute atomic E-state index is 13.0. The number of aryl methyl sites for hydroxylation is 1. The number of alkyl halides is 5. The molecule has 166 valence electrons. The quantitative estimate of drug-likeness (QED) is 0.558. The predicted octanol–water partition coefficient (Wildman–Crippen LogP) is 2.82. The van der Waals surface area contributed by atoms with E-state index in [0.717, 1.165) is 31.5 Å². The highest BCUT2D eigenvalue weighted by molar-refractivity contribution is 6.29. The van der Waals surface area contributed by atoms with E-state index in [2.05, 4.69) is 16.9 Å². The number of rotatable bonds is 5. The Morgan fingerprint density at radius 2 is 2.03 bits per heavy atom. The van der Waals surface area contributed by atoms with Gasteiger partial charge < -0.3 is 10.0 Å². The topological polar surface area (TPSA) is 78.7 Å². The molecule has 0 spiro atoms. The van der Waals surface area contributed by atoms with Gasteiger partial charge in [0.15, 0.2) is 0 Å². The minimum Gasteiger partial charge on any atom is -0.475 e. The average molecular weight is 445 g/mol. The summed E-state index contributed by atoms with van der Waals surface area (Å²) in [4.78, 5) is 24.4. The summed E-state index contributed by atoms with van der Waals surface area (Å²) in [6.07, 6.45) is 0.907. The van der Waals surface area contributed by atoms with E-state index in [0.29, 0.717) is 6.54 Å². The molecule has 2 rings (SSSR count). The molecular formula is C17H25ClF4N4O3. The standard InChI is InChI=1S/C15H24ClFN4O.C2HF3O2/c1-4-21-7-5-6-11(9-19(2)15(22)14(16)17)13(21)12-8-18-20(3)10-12;3-2(4,5)1(6)7/h8,10-11,13-14H,4-7,9H2,1-3H3;(H,6,7). The van der Waals surface area contributed by atoms with E-state index < -0.39 is 23.7 Å². The lowest BCUT2D eigenvalue weighted by molar-refractivity contribution is -0.192. The van der Waals surface area contributed by atoms with Crippen LogP contribution in [0.25, 0.3) is 0 Å². The zero-order valence-corrected chi connectivity index (χ0v) is 17.1. The van der Waals surface area contributed by atoms with E-state index in [9.17, 15) is 22.4 Å². The van der Waals surface area contributed by atoms with Crippen LogP contribution < -0.4 is 0 Å². The number of hydrogen-bond donors (Lipinski definition) is 1. The smallest absolute Gasteiger partial charge is 0.475 e. The largest absolute Gasteiger partial charge is 0.490 e. The third kappa shape index (κ3) is 7.46. The third-order valence-electron chi connectivity index (χ3n) is 4.65. The summed E-state index contributed by atoms with van der Waals surface area (Å²) < 4.78 is 46.5. The minimum absolute atomic E-state index is 0.205. The van der Waals surface area contributed by atoms with Gasteiger partial charge in [-0.25, -0.2) is 9.18 Å². The Bertz CT molecular complexity index is 684. The number of amides is 1. The SMILES string of the molecule is CCN1CCCC(CN(C)C(=O)C(F)Cl)C1c1cnn(C)c1.O=C(O)C(F)(F)F. The van der Waals surface area contributed by atoms with Gasteiger partial charge in [-0.3, -0.25) is 14.4 Å². The number of hydrogen-bond acceptors (Lipinski definition) is 4. The maximum atomic E-state index is 13.0. The van der Waals surface area contributed by atoms with E-state index >= 15 is 0 Å². The van der Waals surface area contributed by atoms with Gasteiger partial charge >= 0.3 is 12.1 Å². The molecule has 1 saturated heterocycles. The van der Waals surface area contributed by atoms with Crippen LogP contribution in [-0.2, 0) is 16.6 Å². The van der Waals surface area contributed by atoms with E-state index in [1.807, 2.05) is 19.4 Å². The van der Waals surface area contributed by atoms with Crippen LogP contribution in [-0.4, -0.2) is 75.1 Å². The summed E-state index contributed by atoms with van der Waals surface area (Å²) in [6.45, 7) is 4.61. The Morgan fingerprint density at radius 3 is 2.45 bits per heavy atom. The molecule has 2 heterocycles. The molecule has 1 fully saturated rings. The zero-order chi connectivity index (χ0) is 22.4. The number of carboxylic acid groups (broad SMARTS) is 1. The van der Waals surface area contributed by atoms with Crippen LogP contribution in [0.1, 0.15) is 31.4 Å². The first-order valence-corrected chi connectivity index (χ1v) is 9.37. The Morgan fingerprint density at radius 1 is 1.45 bits per heavy atom. The molecular weight excluding hydrogens is 420 g/mol. The number of piperidine rings is 1. The molecule has 0 radical (unpaired) electrons. The molecule has 1 aliphatic heterocycles. The Labute approximate surface area is 171 Å². The molecule has 29 heavy (non-hydrogen) atoms. The number of likely N-dealkylation sites (tertiary alicyclic amines) is 1. The van der Waals surface area contributed by atoms with Crippen LogP contribution in [0.2, 0.25) is 0 Å². The molecule has 3 unspecified atom stereocenters. The van der Waals surface area contributed by atoms with Gasteiger partial charge in [0.25, 0.3) is 11.5 Å². The van der Waals surface area contributed by atoms with Crippen LogP contribution in [0.5, 0.6) is 0 Å². The van der Waals surface area contributed by atoms with Gasteiger partial charge in [0.2, 0.25) is 0 Å². The number of halogens is 5. The van der Waals surface area contributed by atoms with Crippen molar-refractivity contribution in [3.63, 3.8) is 0 Å². The van der Waals surface area contributed by atoms with E-state index in [-0.39, 0.29) is 12.0 Å². The van der Waals surface area contributed by atoms with Crippen LogP contribution in [0, 0.1) is 5.92 Å². The monoisotopic (exact) mass is 444 g/mol. The fourth-order valence-corrected chi connectivity index (χ4v) is 3.55. The van der Waals surface area contributed by atoms with Gasteiger partial charge in [-0.2, -0.15) is 18.3 Å². The Kier molecular flexibility index (Phi) is 9.34. The highest BCUT2D eigenvalue weighted by Gasteiger charge is 2.38. The number of carboxylic acids is 1. The van der Waals surface area contributed by atoms with Crippen LogP contribution in [0.4, 0.5) is 17.6 Å². The fourth-order valence-electron chi connectivity index (χ4n) is 3.38. The normalized spacial score (nSPS) is 21.1. The minimum atomic E-state index is -5.08. The van der Waals surface area contributed by atoms with E-state index in [1.54, 1.807) is 11.7 Å². The van der Waals surface area contributed by atoms with Gasteiger partial charge in [0.1, 0.15) is 0 Å². The molecule has 1 amide bonds. The van der Waals surface area contributed by atoms with Crippen molar-refractivity contribution in [2.45, 2.75) is 37.6 Å². The van der Waals surface area contributed by atoms with Crippen LogP contribution >= 0.6 is 11.6 Å². The first kappa shape index (κ1) is 25.2. The van der Waals surface area contributed by atoms with Crippen molar-refractivity contribution in [3.8, 4) is 0 Å². The first-order valence-electron chi connectivity index (χ1n) is 8.94. The number of carbonyl (C=O) groups is 2. The molecule has 7 nitrogen and oxygen atoms in total. The lowest BCUT2D eigenvalue weighted by Crippen LogP contribution is -2.44. The molecule has 0 aromatic carbocycles. The van der Waals surface area contributed by atoms with Crippen LogP contribution in [0.15, 0.2) is 12.4 Å². The summed E-state index contributed by atoms with van der Waals surface area (Å²) in [5, 5.41) is 11.4. The summed E-state index contributed by atoms with van der Waals surface area (Å²) in [6, 6.07) is 0.205. The molecule has 12 heteroatoms. The molecule has 1 aliphatic rings. The predicted molar refractivity (Wildman–Crippen MR) is 98.0 cm³/mol. The molecule has 1 aromatic rings. The van der Waals surface area contributed by atoms with Gasteiger partial charge in [-0.15, -0.1) is 0 Å². The molecule has 0 bridgehead atoms. The molecule has 0 saturated carbocycles. The second-order valence-electron chi connectivity index (χ2n) is 6.75. The summed E-state index contributed by atoms with van der Waals surface area (Å²) in [7, 11) is 3.51. The van der Waals surface area contributed by atoms with E-state index in [4.69, 9.17) is 21.5 Å². The molecule has 0 aliphatic carbocycles. The zero-order valence-electron chi connectivity index (χ0n) is 16.4. The molecule has 1 N–H and O–H groups in total. The van der Waals surface area contributed by atoms with Crippen molar-refractivity contribution in [3.05, 3.63) is 18.0 Å². The fraction of sp³-hybridized carbons (Fsp3) is 0.706. The second-order valence-corrected chi connectivity index (χ2v) is 7.13. The maximum Gasteiger partial charge on any atom is 0.490 e. The number of nitrogens with zero attached hydrogens (tertiary/aromatic N) is 4. The molecule has 3 atom stereocenters. The van der Waals surface area contributed by atoms with Crippen molar-refractivity contribution >= 4 is 23.5 Å². The van der Waals surface area contributed by atoms with Gasteiger partial charge in [0, 0.05) is 38.4 Å². The van der Waals surface area contributed by atoms with Crippen LogP contribution in [0.3, 0.4) is 0 Å². The van der Waals surface area contributed by atoms with Gasteiger partial charge in [-0.05, 0) is 31.8 Å². The Hall–Kier alpha value is -1.88. The van der Waals surface area contributed by atoms with Crippen molar-refractivity contribution in [2.75, 3.05) is 26.7 Å². The first-order chi connectivity index (χ1) is 13.4. The van der Waals surface area contributed by atoms with Crippen molar-refractivity contribution in [2.24, 2.45) is 13.0 Å².